The predicted molar refractivity (Wildman–Crippen MR) is 92.1 cm³/mol. The van der Waals surface area contributed by atoms with Gasteiger partial charge in [0.2, 0.25) is 0 Å². The average molecular weight is 344 g/mol. The van der Waals surface area contributed by atoms with Crippen LogP contribution in [0.2, 0.25) is 0 Å². The van der Waals surface area contributed by atoms with Crippen molar-refractivity contribution in [1.82, 2.24) is 0 Å². The number of benzene rings is 1. The summed E-state index contributed by atoms with van der Waals surface area (Å²) >= 11 is 0. The van der Waals surface area contributed by atoms with Crippen LogP contribution in [0.15, 0.2) is 66.3 Å². The normalized spacial score (nSPS) is 14.0. The first-order valence-corrected chi connectivity index (χ1v) is 7.54. The van der Waals surface area contributed by atoms with Crippen LogP contribution in [0.3, 0.4) is 0 Å². The molecule has 0 aromatic heterocycles. The Balaban J connectivity index is 3.25. The third-order valence-electron chi connectivity index (χ3n) is 3.67. The lowest BCUT2D eigenvalue weighted by atomic mass is 9.88. The van der Waals surface area contributed by atoms with Gasteiger partial charge >= 0.3 is 17.9 Å². The average Bonchev–Trinajstić information content (AvgIpc) is 2.56. The molecule has 1 aromatic carbocycles. The fourth-order valence-corrected chi connectivity index (χ4v) is 2.27. The number of carbonyl (C=O) groups is 3. The van der Waals surface area contributed by atoms with Crippen molar-refractivity contribution >= 4 is 17.9 Å². The molecule has 0 radical (unpaired) electrons. The quantitative estimate of drug-likeness (QED) is 0.594. The van der Waals surface area contributed by atoms with Crippen LogP contribution in [0.5, 0.6) is 0 Å². The van der Waals surface area contributed by atoms with Gasteiger partial charge in [-0.2, -0.15) is 0 Å². The second-order valence-electron chi connectivity index (χ2n) is 5.54. The zero-order chi connectivity index (χ0) is 19.0. The van der Waals surface area contributed by atoms with E-state index in [-0.39, 0.29) is 17.6 Å². The molecule has 2 atom stereocenters. The third-order valence-corrected chi connectivity index (χ3v) is 3.67. The molecular formula is C19H20O6. The fourth-order valence-electron chi connectivity index (χ4n) is 2.27. The second-order valence-corrected chi connectivity index (χ2v) is 5.54. The summed E-state index contributed by atoms with van der Waals surface area (Å²) in [7, 11) is 0. The molecule has 1 aromatic rings. The van der Waals surface area contributed by atoms with Crippen LogP contribution in [-0.2, 0) is 20.8 Å². The van der Waals surface area contributed by atoms with Crippen LogP contribution in [0, 0.1) is 11.8 Å². The fraction of sp³-hybridized carbons (Fsp3) is 0.211. The van der Waals surface area contributed by atoms with Gasteiger partial charge < -0.3 is 15.3 Å². The minimum atomic E-state index is -1.24. The first-order valence-electron chi connectivity index (χ1n) is 7.54. The van der Waals surface area contributed by atoms with Crippen molar-refractivity contribution in [3.8, 4) is 0 Å². The van der Waals surface area contributed by atoms with Crippen molar-refractivity contribution in [1.29, 1.82) is 0 Å². The van der Waals surface area contributed by atoms with Crippen molar-refractivity contribution in [2.24, 2.45) is 11.8 Å². The van der Waals surface area contributed by atoms with Crippen LogP contribution in [0.4, 0.5) is 0 Å². The maximum Gasteiger partial charge on any atom is 0.331 e. The lowest BCUT2D eigenvalue weighted by molar-refractivity contribution is -0.134. The number of carboxylic acid groups (broad SMARTS) is 3. The molecule has 3 N–H and O–H groups in total. The van der Waals surface area contributed by atoms with Crippen molar-refractivity contribution < 1.29 is 29.7 Å². The maximum atomic E-state index is 11.7. The number of rotatable bonds is 9. The van der Waals surface area contributed by atoms with Crippen LogP contribution >= 0.6 is 0 Å². The molecule has 25 heavy (non-hydrogen) atoms. The molecule has 132 valence electrons. The number of allylic oxidation sites excluding steroid dienone is 2. The Morgan fingerprint density at radius 1 is 1.08 bits per heavy atom. The van der Waals surface area contributed by atoms with Gasteiger partial charge in [-0.25, -0.2) is 14.4 Å². The SMILES string of the molecule is C=C(C(=O)O)C(C)C=C(C(=O)O)C(C=CC(=O)O)Cc1ccccc1. The van der Waals surface area contributed by atoms with E-state index in [1.54, 1.807) is 24.3 Å². The Morgan fingerprint density at radius 3 is 2.16 bits per heavy atom. The monoisotopic (exact) mass is 344 g/mol. The van der Waals surface area contributed by atoms with Crippen molar-refractivity contribution in [2.75, 3.05) is 0 Å². The van der Waals surface area contributed by atoms with Crippen molar-refractivity contribution in [2.45, 2.75) is 13.3 Å². The van der Waals surface area contributed by atoms with Crippen molar-refractivity contribution in [3.05, 3.63) is 71.8 Å². The Morgan fingerprint density at radius 2 is 1.68 bits per heavy atom. The standard InChI is InChI=1S/C19H20O6/c1-12(13(2)18(22)23)10-16(19(24)25)15(8-9-17(20)21)11-14-6-4-3-5-7-14/h3-10,12,15H,2,11H2,1H3,(H,20,21)(H,22,23)(H,24,25). The molecule has 1 rings (SSSR count). The summed E-state index contributed by atoms with van der Waals surface area (Å²) in [6.45, 7) is 4.96. The van der Waals surface area contributed by atoms with E-state index in [9.17, 15) is 19.5 Å². The van der Waals surface area contributed by atoms with Crippen LogP contribution < -0.4 is 0 Å². The van der Waals surface area contributed by atoms with Gasteiger partial charge in [0.05, 0.1) is 0 Å². The molecule has 0 saturated carbocycles. The second kappa shape index (κ2) is 9.22. The summed E-state index contributed by atoms with van der Waals surface area (Å²) < 4.78 is 0. The van der Waals surface area contributed by atoms with E-state index in [4.69, 9.17) is 10.2 Å². The molecule has 0 fully saturated rings. The van der Waals surface area contributed by atoms with Gasteiger partial charge in [-0.1, -0.05) is 56.0 Å². The predicted octanol–water partition coefficient (Wildman–Crippen LogP) is 2.77. The van der Waals surface area contributed by atoms with E-state index >= 15 is 0 Å². The Bertz CT molecular complexity index is 715. The van der Waals surface area contributed by atoms with Gasteiger partial charge in [0, 0.05) is 29.1 Å². The van der Waals surface area contributed by atoms with Gasteiger partial charge in [0.1, 0.15) is 0 Å². The Kier molecular flexibility index (Phi) is 7.34. The minimum absolute atomic E-state index is 0.0729. The molecule has 0 amide bonds. The molecule has 0 bridgehead atoms. The molecule has 0 saturated heterocycles. The Hall–Kier alpha value is -3.15. The molecule has 0 heterocycles. The molecule has 6 nitrogen and oxygen atoms in total. The highest BCUT2D eigenvalue weighted by Gasteiger charge is 2.22. The molecule has 0 aliphatic carbocycles. The topological polar surface area (TPSA) is 112 Å². The number of hydrogen-bond acceptors (Lipinski definition) is 3. The number of carboxylic acids is 3. The summed E-state index contributed by atoms with van der Waals surface area (Å²) in [5, 5.41) is 27.4. The van der Waals surface area contributed by atoms with Crippen molar-refractivity contribution in [3.63, 3.8) is 0 Å². The molecular weight excluding hydrogens is 324 g/mol. The third kappa shape index (κ3) is 6.47. The minimum Gasteiger partial charge on any atom is -0.478 e. The highest BCUT2D eigenvalue weighted by molar-refractivity contribution is 5.90. The zero-order valence-corrected chi connectivity index (χ0v) is 13.8. The van der Waals surface area contributed by atoms with Crippen LogP contribution in [0.25, 0.3) is 0 Å². The van der Waals surface area contributed by atoms with E-state index in [0.29, 0.717) is 0 Å². The summed E-state index contributed by atoms with van der Waals surface area (Å²) in [5.41, 5.74) is 0.620. The summed E-state index contributed by atoms with van der Waals surface area (Å²) in [5.74, 6) is -5.07. The highest BCUT2D eigenvalue weighted by Crippen LogP contribution is 2.23. The molecule has 6 heteroatoms. The van der Waals surface area contributed by atoms with E-state index in [1.807, 2.05) is 6.07 Å². The van der Waals surface area contributed by atoms with E-state index in [1.165, 1.54) is 19.1 Å². The molecule has 0 spiro atoms. The smallest absolute Gasteiger partial charge is 0.331 e. The van der Waals surface area contributed by atoms with Gasteiger partial charge in [-0.05, 0) is 12.0 Å². The van der Waals surface area contributed by atoms with Gasteiger partial charge in [0.15, 0.2) is 0 Å². The molecule has 0 aliphatic heterocycles. The van der Waals surface area contributed by atoms with E-state index in [0.717, 1.165) is 11.6 Å². The largest absolute Gasteiger partial charge is 0.478 e. The number of aliphatic carboxylic acids is 3. The van der Waals surface area contributed by atoms with Gasteiger partial charge in [-0.15, -0.1) is 0 Å². The maximum absolute atomic E-state index is 11.7. The molecule has 0 aliphatic rings. The first-order chi connectivity index (χ1) is 11.7. The summed E-state index contributed by atoms with van der Waals surface area (Å²) in [6, 6.07) is 9.03. The van der Waals surface area contributed by atoms with Gasteiger partial charge in [0.25, 0.3) is 0 Å². The van der Waals surface area contributed by atoms with Gasteiger partial charge in [-0.3, -0.25) is 0 Å². The Labute approximate surface area is 145 Å². The van der Waals surface area contributed by atoms with Crippen LogP contribution in [0.1, 0.15) is 12.5 Å². The van der Waals surface area contributed by atoms with E-state index < -0.39 is 29.7 Å². The lowest BCUT2D eigenvalue weighted by Crippen LogP contribution is -2.17. The summed E-state index contributed by atoms with van der Waals surface area (Å²) in [6.07, 6.45) is 3.76. The summed E-state index contributed by atoms with van der Waals surface area (Å²) in [4.78, 5) is 33.5. The molecule has 2 unspecified atom stereocenters. The lowest BCUT2D eigenvalue weighted by Gasteiger charge is -2.16. The zero-order valence-electron chi connectivity index (χ0n) is 13.8. The van der Waals surface area contributed by atoms with E-state index in [2.05, 4.69) is 6.58 Å². The number of hydrogen-bond donors (Lipinski definition) is 3. The first kappa shape index (κ1) is 19.9. The van der Waals surface area contributed by atoms with Crippen LogP contribution in [-0.4, -0.2) is 33.2 Å². The highest BCUT2D eigenvalue weighted by atomic mass is 16.4.